The van der Waals surface area contributed by atoms with Crippen molar-refractivity contribution in [2.45, 2.75) is 18.9 Å². The number of benzene rings is 1. The Morgan fingerprint density at radius 3 is 3.05 bits per heavy atom. The maximum absolute atomic E-state index is 9.47. The van der Waals surface area contributed by atoms with E-state index in [2.05, 4.69) is 4.90 Å². The minimum Gasteiger partial charge on any atom is -0.496 e. The third-order valence-electron chi connectivity index (χ3n) is 4.17. The largest absolute Gasteiger partial charge is 0.496 e. The topological polar surface area (TPSA) is 55.1 Å². The molecule has 22 heavy (non-hydrogen) atoms. The molecule has 1 saturated heterocycles. The van der Waals surface area contributed by atoms with Crippen molar-refractivity contribution in [2.75, 3.05) is 40.0 Å². The van der Waals surface area contributed by atoms with Crippen molar-refractivity contribution in [1.29, 1.82) is 0 Å². The van der Waals surface area contributed by atoms with Gasteiger partial charge in [0, 0.05) is 30.6 Å². The first kappa shape index (κ1) is 15.3. The van der Waals surface area contributed by atoms with Crippen LogP contribution in [0, 0.1) is 0 Å². The molecular formula is C17H23NO4. The van der Waals surface area contributed by atoms with Gasteiger partial charge in [-0.15, -0.1) is 0 Å². The molecular weight excluding hydrogens is 282 g/mol. The lowest BCUT2D eigenvalue weighted by atomic mass is 10.1. The van der Waals surface area contributed by atoms with Gasteiger partial charge in [0.1, 0.15) is 11.3 Å². The third-order valence-corrected chi connectivity index (χ3v) is 4.17. The Morgan fingerprint density at radius 1 is 1.36 bits per heavy atom. The maximum Gasteiger partial charge on any atom is 0.134 e. The van der Waals surface area contributed by atoms with Gasteiger partial charge < -0.3 is 19.0 Å². The van der Waals surface area contributed by atoms with Crippen molar-refractivity contribution in [2.24, 2.45) is 0 Å². The molecule has 0 saturated carbocycles. The van der Waals surface area contributed by atoms with Crippen molar-refractivity contribution in [3.05, 3.63) is 30.0 Å². The van der Waals surface area contributed by atoms with Gasteiger partial charge in [0.05, 0.1) is 32.7 Å². The van der Waals surface area contributed by atoms with Crippen molar-refractivity contribution >= 4 is 11.0 Å². The number of fused-ring (bicyclic) bond motifs is 1. The maximum atomic E-state index is 9.47. The van der Waals surface area contributed by atoms with Gasteiger partial charge in [0.15, 0.2) is 0 Å². The SMILES string of the molecule is COc1cc2ccoc2cc1CCOCCN1CCC(O)C1. The Hall–Kier alpha value is -1.56. The second kappa shape index (κ2) is 7.13. The summed E-state index contributed by atoms with van der Waals surface area (Å²) in [5.41, 5.74) is 1.98. The van der Waals surface area contributed by atoms with E-state index in [0.29, 0.717) is 13.2 Å². The average Bonchev–Trinajstić information content (AvgIpc) is 3.14. The Bertz CT molecular complexity index is 610. The molecule has 2 heterocycles. The molecule has 0 aliphatic carbocycles. The zero-order valence-corrected chi connectivity index (χ0v) is 13.0. The Morgan fingerprint density at radius 2 is 2.27 bits per heavy atom. The van der Waals surface area contributed by atoms with E-state index in [1.54, 1.807) is 13.4 Å². The number of furan rings is 1. The molecule has 3 rings (SSSR count). The third kappa shape index (κ3) is 3.61. The molecule has 2 aromatic rings. The summed E-state index contributed by atoms with van der Waals surface area (Å²) in [5, 5.41) is 10.5. The number of ether oxygens (including phenoxy) is 2. The fourth-order valence-corrected chi connectivity index (χ4v) is 2.91. The highest BCUT2D eigenvalue weighted by molar-refractivity contribution is 5.80. The molecule has 5 nitrogen and oxygen atoms in total. The van der Waals surface area contributed by atoms with Crippen LogP contribution < -0.4 is 4.74 Å². The van der Waals surface area contributed by atoms with E-state index in [1.807, 2.05) is 18.2 Å². The van der Waals surface area contributed by atoms with Crippen LogP contribution in [0.1, 0.15) is 12.0 Å². The van der Waals surface area contributed by atoms with Crippen molar-refractivity contribution in [3.63, 3.8) is 0 Å². The molecule has 120 valence electrons. The van der Waals surface area contributed by atoms with Crippen LogP contribution in [0.2, 0.25) is 0 Å². The van der Waals surface area contributed by atoms with E-state index < -0.39 is 0 Å². The highest BCUT2D eigenvalue weighted by Gasteiger charge is 2.19. The summed E-state index contributed by atoms with van der Waals surface area (Å²) in [4.78, 5) is 2.24. The first-order chi connectivity index (χ1) is 10.8. The first-order valence-corrected chi connectivity index (χ1v) is 7.78. The van der Waals surface area contributed by atoms with Gasteiger partial charge >= 0.3 is 0 Å². The van der Waals surface area contributed by atoms with Gasteiger partial charge in [-0.2, -0.15) is 0 Å². The minimum atomic E-state index is -0.163. The van der Waals surface area contributed by atoms with Crippen LogP contribution in [-0.2, 0) is 11.2 Å². The molecule has 0 spiro atoms. The molecule has 1 atom stereocenters. The van der Waals surface area contributed by atoms with Crippen LogP contribution >= 0.6 is 0 Å². The van der Waals surface area contributed by atoms with E-state index in [1.165, 1.54) is 0 Å². The van der Waals surface area contributed by atoms with Crippen LogP contribution in [0.25, 0.3) is 11.0 Å². The zero-order valence-electron chi connectivity index (χ0n) is 13.0. The fraction of sp³-hybridized carbons (Fsp3) is 0.529. The number of hydrogen-bond acceptors (Lipinski definition) is 5. The smallest absolute Gasteiger partial charge is 0.134 e. The lowest BCUT2D eigenvalue weighted by Gasteiger charge is -2.15. The van der Waals surface area contributed by atoms with Crippen LogP contribution in [0.3, 0.4) is 0 Å². The van der Waals surface area contributed by atoms with E-state index in [-0.39, 0.29) is 6.10 Å². The predicted molar refractivity (Wildman–Crippen MR) is 84.4 cm³/mol. The fourth-order valence-electron chi connectivity index (χ4n) is 2.91. The molecule has 1 aliphatic heterocycles. The van der Waals surface area contributed by atoms with E-state index in [0.717, 1.165) is 54.8 Å². The summed E-state index contributed by atoms with van der Waals surface area (Å²) in [6, 6.07) is 5.96. The van der Waals surface area contributed by atoms with Crippen molar-refractivity contribution < 1.29 is 19.0 Å². The van der Waals surface area contributed by atoms with E-state index in [9.17, 15) is 5.11 Å². The second-order valence-electron chi connectivity index (χ2n) is 5.73. The summed E-state index contributed by atoms with van der Waals surface area (Å²) in [7, 11) is 1.68. The lowest BCUT2D eigenvalue weighted by Crippen LogP contribution is -2.26. The standard InChI is InChI=1S/C17H23NO4/c1-20-16-10-14-4-8-22-17(14)11-13(16)3-7-21-9-6-18-5-2-15(19)12-18/h4,8,10-11,15,19H,2-3,5-7,9,12H2,1H3. The Labute approximate surface area is 130 Å². The van der Waals surface area contributed by atoms with Gasteiger partial charge in [-0.3, -0.25) is 4.90 Å². The monoisotopic (exact) mass is 305 g/mol. The molecule has 1 aromatic carbocycles. The molecule has 1 unspecified atom stereocenters. The average molecular weight is 305 g/mol. The van der Waals surface area contributed by atoms with Crippen LogP contribution in [0.5, 0.6) is 5.75 Å². The highest BCUT2D eigenvalue weighted by Crippen LogP contribution is 2.27. The van der Waals surface area contributed by atoms with Crippen LogP contribution in [-0.4, -0.2) is 56.1 Å². The molecule has 1 N–H and O–H groups in total. The number of aliphatic hydroxyl groups is 1. The summed E-state index contributed by atoms with van der Waals surface area (Å²) < 4.78 is 16.6. The van der Waals surface area contributed by atoms with Gasteiger partial charge in [-0.1, -0.05) is 0 Å². The predicted octanol–water partition coefficient (Wildman–Crippen LogP) is 2.07. The normalized spacial score (nSPS) is 19.1. The number of methoxy groups -OCH3 is 1. The second-order valence-corrected chi connectivity index (χ2v) is 5.73. The zero-order chi connectivity index (χ0) is 15.4. The highest BCUT2D eigenvalue weighted by atomic mass is 16.5. The minimum absolute atomic E-state index is 0.163. The van der Waals surface area contributed by atoms with E-state index in [4.69, 9.17) is 13.9 Å². The molecule has 1 aliphatic rings. The van der Waals surface area contributed by atoms with Crippen LogP contribution in [0.15, 0.2) is 28.9 Å². The summed E-state index contributed by atoms with van der Waals surface area (Å²) in [6.45, 7) is 3.96. The number of nitrogens with zero attached hydrogens (tertiary/aromatic N) is 1. The van der Waals surface area contributed by atoms with Crippen molar-refractivity contribution in [1.82, 2.24) is 4.90 Å². The van der Waals surface area contributed by atoms with E-state index >= 15 is 0 Å². The Kier molecular flexibility index (Phi) is 4.97. The number of hydrogen-bond donors (Lipinski definition) is 1. The molecule has 1 fully saturated rings. The van der Waals surface area contributed by atoms with Gasteiger partial charge in [-0.25, -0.2) is 0 Å². The molecule has 5 heteroatoms. The van der Waals surface area contributed by atoms with Gasteiger partial charge in [0.2, 0.25) is 0 Å². The number of β-amino-alcohol motifs (C(OH)–C–C–N with tert-alkyl or cyclic N) is 1. The van der Waals surface area contributed by atoms with Gasteiger partial charge in [0.25, 0.3) is 0 Å². The number of rotatable bonds is 7. The first-order valence-electron chi connectivity index (χ1n) is 7.78. The summed E-state index contributed by atoms with van der Waals surface area (Å²) in [5.74, 6) is 0.875. The van der Waals surface area contributed by atoms with Crippen molar-refractivity contribution in [3.8, 4) is 5.75 Å². The summed E-state index contributed by atoms with van der Waals surface area (Å²) in [6.07, 6.45) is 3.20. The van der Waals surface area contributed by atoms with Crippen LogP contribution in [0.4, 0.5) is 0 Å². The Balaban J connectivity index is 1.46. The molecule has 0 radical (unpaired) electrons. The quantitative estimate of drug-likeness (QED) is 0.794. The number of likely N-dealkylation sites (tertiary alicyclic amines) is 1. The molecule has 0 bridgehead atoms. The number of aliphatic hydroxyl groups excluding tert-OH is 1. The van der Waals surface area contributed by atoms with Gasteiger partial charge in [-0.05, 0) is 31.0 Å². The summed E-state index contributed by atoms with van der Waals surface area (Å²) >= 11 is 0. The lowest BCUT2D eigenvalue weighted by molar-refractivity contribution is 0.106. The molecule has 0 amide bonds. The molecule has 1 aromatic heterocycles.